The standard InChI is InChI=1S/C17H25NO3/c1-12-9-13(11-17(2,3)10-12)21-16(19)18-14-7-5-6-8-15(14)20-4/h5-8,12-13H,9-11H2,1-4H3,(H,18,19). The average Bonchev–Trinajstić information content (AvgIpc) is 2.36. The highest BCUT2D eigenvalue weighted by molar-refractivity contribution is 5.86. The molecule has 21 heavy (non-hydrogen) atoms. The lowest BCUT2D eigenvalue weighted by molar-refractivity contribution is 0.0250. The van der Waals surface area contributed by atoms with Crippen molar-refractivity contribution in [3.63, 3.8) is 0 Å². The number of anilines is 1. The Morgan fingerprint density at radius 1 is 1.29 bits per heavy atom. The SMILES string of the molecule is COc1ccccc1NC(=O)OC1CC(C)CC(C)(C)C1. The van der Waals surface area contributed by atoms with Crippen LogP contribution in [0.2, 0.25) is 0 Å². The van der Waals surface area contributed by atoms with E-state index in [1.165, 1.54) is 6.42 Å². The lowest BCUT2D eigenvalue weighted by Crippen LogP contribution is -2.35. The van der Waals surface area contributed by atoms with Crippen molar-refractivity contribution in [1.82, 2.24) is 0 Å². The number of amides is 1. The molecule has 0 saturated heterocycles. The Kier molecular flexibility index (Phi) is 4.76. The number of hydrogen-bond donors (Lipinski definition) is 1. The van der Waals surface area contributed by atoms with E-state index < -0.39 is 6.09 Å². The maximum atomic E-state index is 12.1. The first kappa shape index (κ1) is 15.7. The van der Waals surface area contributed by atoms with Crippen LogP contribution in [0.15, 0.2) is 24.3 Å². The predicted octanol–water partition coefficient (Wildman–Crippen LogP) is 4.46. The molecule has 0 bridgehead atoms. The van der Waals surface area contributed by atoms with Crippen molar-refractivity contribution in [3.05, 3.63) is 24.3 Å². The van der Waals surface area contributed by atoms with Gasteiger partial charge in [0.15, 0.2) is 0 Å². The van der Waals surface area contributed by atoms with Crippen molar-refractivity contribution in [2.45, 2.75) is 46.1 Å². The maximum absolute atomic E-state index is 12.1. The molecule has 116 valence electrons. The number of carbonyl (C=O) groups excluding carboxylic acids is 1. The second-order valence-corrected chi connectivity index (χ2v) is 6.77. The van der Waals surface area contributed by atoms with Gasteiger partial charge in [-0.05, 0) is 42.7 Å². The molecule has 4 heteroatoms. The normalized spacial score (nSPS) is 24.2. The summed E-state index contributed by atoms with van der Waals surface area (Å²) in [6.07, 6.45) is 2.60. The van der Waals surface area contributed by atoms with Crippen LogP contribution in [0, 0.1) is 11.3 Å². The number of benzene rings is 1. The minimum Gasteiger partial charge on any atom is -0.495 e. The summed E-state index contributed by atoms with van der Waals surface area (Å²) < 4.78 is 10.8. The summed E-state index contributed by atoms with van der Waals surface area (Å²) in [5.41, 5.74) is 0.862. The van der Waals surface area contributed by atoms with Crippen LogP contribution >= 0.6 is 0 Å². The lowest BCUT2D eigenvalue weighted by Gasteiger charge is -2.38. The van der Waals surface area contributed by atoms with E-state index in [-0.39, 0.29) is 11.5 Å². The van der Waals surface area contributed by atoms with Crippen molar-refractivity contribution in [3.8, 4) is 5.75 Å². The third-order valence-electron chi connectivity index (χ3n) is 3.96. The number of hydrogen-bond acceptors (Lipinski definition) is 3. The molecule has 0 heterocycles. The Balaban J connectivity index is 1.95. The van der Waals surface area contributed by atoms with Gasteiger partial charge in [0.2, 0.25) is 0 Å². The molecule has 2 unspecified atom stereocenters. The highest BCUT2D eigenvalue weighted by Crippen LogP contribution is 2.39. The summed E-state index contributed by atoms with van der Waals surface area (Å²) in [6.45, 7) is 6.68. The molecule has 2 atom stereocenters. The zero-order valence-corrected chi connectivity index (χ0v) is 13.3. The number of ether oxygens (including phenoxy) is 2. The molecular weight excluding hydrogens is 266 g/mol. The van der Waals surface area contributed by atoms with Crippen LogP contribution in [0.4, 0.5) is 10.5 Å². The smallest absolute Gasteiger partial charge is 0.412 e. The van der Waals surface area contributed by atoms with Gasteiger partial charge >= 0.3 is 6.09 Å². The van der Waals surface area contributed by atoms with E-state index in [0.717, 1.165) is 12.8 Å². The van der Waals surface area contributed by atoms with Gasteiger partial charge in [-0.2, -0.15) is 0 Å². The fraction of sp³-hybridized carbons (Fsp3) is 0.588. The molecule has 0 aromatic heterocycles. The monoisotopic (exact) mass is 291 g/mol. The Bertz CT molecular complexity index is 499. The molecule has 1 amide bonds. The third-order valence-corrected chi connectivity index (χ3v) is 3.96. The van der Waals surface area contributed by atoms with E-state index in [1.807, 2.05) is 12.1 Å². The van der Waals surface area contributed by atoms with Crippen molar-refractivity contribution in [2.24, 2.45) is 11.3 Å². The first-order chi connectivity index (χ1) is 9.89. The Morgan fingerprint density at radius 2 is 2.00 bits per heavy atom. The van der Waals surface area contributed by atoms with Gasteiger partial charge < -0.3 is 9.47 Å². The lowest BCUT2D eigenvalue weighted by atomic mass is 9.71. The van der Waals surface area contributed by atoms with Crippen LogP contribution in [0.25, 0.3) is 0 Å². The highest BCUT2D eigenvalue weighted by atomic mass is 16.6. The third kappa shape index (κ3) is 4.38. The van der Waals surface area contributed by atoms with Crippen LogP contribution in [-0.4, -0.2) is 19.3 Å². The number of nitrogens with one attached hydrogen (secondary N) is 1. The molecule has 4 nitrogen and oxygen atoms in total. The van der Waals surface area contributed by atoms with Crippen LogP contribution in [0.5, 0.6) is 5.75 Å². The van der Waals surface area contributed by atoms with Crippen LogP contribution in [-0.2, 0) is 4.74 Å². The summed E-state index contributed by atoms with van der Waals surface area (Å²) in [7, 11) is 1.58. The fourth-order valence-corrected chi connectivity index (χ4v) is 3.39. The van der Waals surface area contributed by atoms with Gasteiger partial charge in [-0.15, -0.1) is 0 Å². The summed E-state index contributed by atoms with van der Waals surface area (Å²) >= 11 is 0. The zero-order valence-electron chi connectivity index (χ0n) is 13.3. The number of para-hydroxylation sites is 2. The maximum Gasteiger partial charge on any atom is 0.412 e. The molecule has 1 aromatic carbocycles. The quantitative estimate of drug-likeness (QED) is 0.894. The van der Waals surface area contributed by atoms with E-state index in [2.05, 4.69) is 26.1 Å². The minimum atomic E-state index is -0.408. The first-order valence-corrected chi connectivity index (χ1v) is 7.50. The zero-order chi connectivity index (χ0) is 15.5. The first-order valence-electron chi connectivity index (χ1n) is 7.50. The molecular formula is C17H25NO3. The molecule has 0 spiro atoms. The van der Waals surface area contributed by atoms with E-state index >= 15 is 0 Å². The second kappa shape index (κ2) is 6.37. The molecule has 1 fully saturated rings. The average molecular weight is 291 g/mol. The highest BCUT2D eigenvalue weighted by Gasteiger charge is 2.34. The van der Waals surface area contributed by atoms with Gasteiger partial charge in [-0.25, -0.2) is 4.79 Å². The van der Waals surface area contributed by atoms with Crippen LogP contribution < -0.4 is 10.1 Å². The molecule has 2 rings (SSSR count). The summed E-state index contributed by atoms with van der Waals surface area (Å²) in [5.74, 6) is 1.21. The van der Waals surface area contributed by atoms with E-state index in [1.54, 1.807) is 19.2 Å². The van der Waals surface area contributed by atoms with Crippen LogP contribution in [0.1, 0.15) is 40.0 Å². The Labute approximate surface area is 126 Å². The topological polar surface area (TPSA) is 47.6 Å². The minimum absolute atomic E-state index is 0.0153. The number of methoxy groups -OCH3 is 1. The van der Waals surface area contributed by atoms with E-state index in [4.69, 9.17) is 9.47 Å². The van der Waals surface area contributed by atoms with Gasteiger partial charge in [0.05, 0.1) is 12.8 Å². The summed E-state index contributed by atoms with van der Waals surface area (Å²) in [6, 6.07) is 7.32. The molecule has 1 N–H and O–H groups in total. The predicted molar refractivity (Wildman–Crippen MR) is 83.7 cm³/mol. The molecule has 1 aliphatic rings. The summed E-state index contributed by atoms with van der Waals surface area (Å²) in [5, 5.41) is 2.76. The van der Waals surface area contributed by atoms with Gasteiger partial charge in [0, 0.05) is 0 Å². The van der Waals surface area contributed by atoms with Gasteiger partial charge in [0.25, 0.3) is 0 Å². The molecule has 1 aromatic rings. The Morgan fingerprint density at radius 3 is 2.67 bits per heavy atom. The van der Waals surface area contributed by atoms with E-state index in [0.29, 0.717) is 17.4 Å². The van der Waals surface area contributed by atoms with E-state index in [9.17, 15) is 4.79 Å². The van der Waals surface area contributed by atoms with Crippen molar-refractivity contribution >= 4 is 11.8 Å². The van der Waals surface area contributed by atoms with Crippen molar-refractivity contribution in [2.75, 3.05) is 12.4 Å². The van der Waals surface area contributed by atoms with Crippen molar-refractivity contribution < 1.29 is 14.3 Å². The van der Waals surface area contributed by atoms with Crippen molar-refractivity contribution in [1.29, 1.82) is 0 Å². The Hall–Kier alpha value is -1.71. The largest absolute Gasteiger partial charge is 0.495 e. The molecule has 1 aliphatic carbocycles. The van der Waals surface area contributed by atoms with Crippen LogP contribution in [0.3, 0.4) is 0 Å². The molecule has 0 aliphatic heterocycles. The second-order valence-electron chi connectivity index (χ2n) is 6.77. The van der Waals surface area contributed by atoms with Gasteiger partial charge in [0.1, 0.15) is 11.9 Å². The number of carbonyl (C=O) groups is 1. The van der Waals surface area contributed by atoms with Gasteiger partial charge in [-0.3, -0.25) is 5.32 Å². The fourth-order valence-electron chi connectivity index (χ4n) is 3.39. The molecule has 1 saturated carbocycles. The molecule has 0 radical (unpaired) electrons. The summed E-state index contributed by atoms with van der Waals surface area (Å²) in [4.78, 5) is 12.1. The van der Waals surface area contributed by atoms with Gasteiger partial charge in [-0.1, -0.05) is 32.9 Å². The number of rotatable bonds is 3.